The molecule has 1 atom stereocenters. The molecule has 3 aromatic rings. The van der Waals surface area contributed by atoms with E-state index in [9.17, 15) is 14.4 Å². The van der Waals surface area contributed by atoms with Crippen molar-refractivity contribution >= 4 is 46.2 Å². The quantitative estimate of drug-likeness (QED) is 0.503. The molecular formula is C19H17ClN4O3S. The summed E-state index contributed by atoms with van der Waals surface area (Å²) < 4.78 is 1.39. The minimum Gasteiger partial charge on any atom is -0.341 e. The molecule has 2 aromatic carbocycles. The van der Waals surface area contributed by atoms with Crippen LogP contribution in [0.5, 0.6) is 0 Å². The number of nitrogens with zero attached hydrogens (tertiary/aromatic N) is 2. The van der Waals surface area contributed by atoms with Crippen LogP contribution in [0.2, 0.25) is 5.02 Å². The van der Waals surface area contributed by atoms with Gasteiger partial charge in [0.1, 0.15) is 0 Å². The van der Waals surface area contributed by atoms with E-state index in [1.807, 2.05) is 0 Å². The minimum absolute atomic E-state index is 0.292. The summed E-state index contributed by atoms with van der Waals surface area (Å²) in [4.78, 5) is 41.4. The predicted molar refractivity (Wildman–Crippen MR) is 110 cm³/mol. The molecule has 7 nitrogen and oxygen atoms in total. The summed E-state index contributed by atoms with van der Waals surface area (Å²) in [6.07, 6.45) is 0. The summed E-state index contributed by atoms with van der Waals surface area (Å²) in [5.74, 6) is -0.502. The number of para-hydroxylation sites is 2. The normalized spacial score (nSPS) is 11.8. The smallest absolute Gasteiger partial charge is 0.321 e. The van der Waals surface area contributed by atoms with Crippen molar-refractivity contribution in [1.29, 1.82) is 0 Å². The van der Waals surface area contributed by atoms with Gasteiger partial charge >= 0.3 is 6.03 Å². The van der Waals surface area contributed by atoms with Crippen LogP contribution < -0.4 is 16.2 Å². The van der Waals surface area contributed by atoms with Crippen molar-refractivity contribution < 1.29 is 9.59 Å². The first-order chi connectivity index (χ1) is 13.4. The standard InChI is InChI=1S/C19H17ClN4O3S/c1-11(16(25)23-18(27)21-2)28-19-22-14-9-5-3-7-12(14)17(26)24(19)15-10-6-4-8-13(15)20/h3-11H,1-2H3,(H2,21,23,25,27). The number of hydrogen-bond acceptors (Lipinski definition) is 5. The maximum atomic E-state index is 13.2. The Balaban J connectivity index is 2.12. The maximum absolute atomic E-state index is 13.2. The number of benzene rings is 2. The van der Waals surface area contributed by atoms with Crippen molar-refractivity contribution in [2.24, 2.45) is 0 Å². The van der Waals surface area contributed by atoms with Gasteiger partial charge in [-0.15, -0.1) is 0 Å². The molecule has 28 heavy (non-hydrogen) atoms. The second-order valence-electron chi connectivity index (χ2n) is 5.83. The Morgan fingerprint density at radius 2 is 1.82 bits per heavy atom. The minimum atomic E-state index is -0.681. The van der Waals surface area contributed by atoms with Gasteiger partial charge in [0, 0.05) is 7.05 Å². The first kappa shape index (κ1) is 19.9. The van der Waals surface area contributed by atoms with Gasteiger partial charge in [-0.3, -0.25) is 19.5 Å². The van der Waals surface area contributed by atoms with Crippen molar-refractivity contribution in [2.75, 3.05) is 7.05 Å². The summed E-state index contributed by atoms with van der Waals surface area (Å²) in [5.41, 5.74) is 0.686. The third-order valence-electron chi connectivity index (χ3n) is 3.95. The number of amides is 3. The van der Waals surface area contributed by atoms with Crippen molar-refractivity contribution in [3.05, 3.63) is 63.9 Å². The zero-order valence-electron chi connectivity index (χ0n) is 15.1. The predicted octanol–water partition coefficient (Wildman–Crippen LogP) is 2.98. The van der Waals surface area contributed by atoms with E-state index in [1.165, 1.54) is 11.6 Å². The third-order valence-corrected chi connectivity index (χ3v) is 5.33. The fourth-order valence-electron chi connectivity index (χ4n) is 2.52. The maximum Gasteiger partial charge on any atom is 0.321 e. The summed E-state index contributed by atoms with van der Waals surface area (Å²) in [6, 6.07) is 13.3. The molecule has 0 radical (unpaired) electrons. The molecule has 1 unspecified atom stereocenters. The highest BCUT2D eigenvalue weighted by molar-refractivity contribution is 8.00. The largest absolute Gasteiger partial charge is 0.341 e. The van der Waals surface area contributed by atoms with Gasteiger partial charge in [0.15, 0.2) is 5.16 Å². The van der Waals surface area contributed by atoms with Gasteiger partial charge in [-0.1, -0.05) is 47.6 Å². The number of rotatable bonds is 4. The van der Waals surface area contributed by atoms with Crippen molar-refractivity contribution in [1.82, 2.24) is 20.2 Å². The molecule has 3 rings (SSSR count). The number of thioether (sulfide) groups is 1. The summed E-state index contributed by atoms with van der Waals surface area (Å²) in [5, 5.41) is 4.99. The molecule has 0 saturated carbocycles. The van der Waals surface area contributed by atoms with Crippen LogP contribution in [0, 0.1) is 0 Å². The lowest BCUT2D eigenvalue weighted by molar-refractivity contribution is -0.119. The molecule has 0 fully saturated rings. The summed E-state index contributed by atoms with van der Waals surface area (Å²) in [6.45, 7) is 1.63. The summed E-state index contributed by atoms with van der Waals surface area (Å²) in [7, 11) is 1.42. The Kier molecular flexibility index (Phi) is 6.01. The molecule has 2 N–H and O–H groups in total. The number of halogens is 1. The molecule has 1 heterocycles. The molecule has 0 aliphatic rings. The van der Waals surface area contributed by atoms with E-state index in [0.29, 0.717) is 26.8 Å². The zero-order valence-corrected chi connectivity index (χ0v) is 16.7. The SMILES string of the molecule is CNC(=O)NC(=O)C(C)Sc1nc2ccccc2c(=O)n1-c1ccccc1Cl. The second kappa shape index (κ2) is 8.45. The van der Waals surface area contributed by atoms with Gasteiger partial charge in [0.25, 0.3) is 5.56 Å². The fourth-order valence-corrected chi connectivity index (χ4v) is 3.66. The molecule has 1 aromatic heterocycles. The Hall–Kier alpha value is -2.84. The lowest BCUT2D eigenvalue weighted by atomic mass is 10.2. The van der Waals surface area contributed by atoms with E-state index in [0.717, 1.165) is 11.8 Å². The number of carbonyl (C=O) groups is 2. The van der Waals surface area contributed by atoms with E-state index < -0.39 is 17.2 Å². The molecule has 0 aliphatic heterocycles. The Labute approximate surface area is 170 Å². The average molecular weight is 417 g/mol. The highest BCUT2D eigenvalue weighted by atomic mass is 35.5. The molecule has 0 spiro atoms. The summed E-state index contributed by atoms with van der Waals surface area (Å²) >= 11 is 7.38. The van der Waals surface area contributed by atoms with Crippen molar-refractivity contribution in [2.45, 2.75) is 17.3 Å². The fraction of sp³-hybridized carbons (Fsp3) is 0.158. The number of fused-ring (bicyclic) bond motifs is 1. The highest BCUT2D eigenvalue weighted by Crippen LogP contribution is 2.28. The van der Waals surface area contributed by atoms with Crippen LogP contribution in [-0.2, 0) is 4.79 Å². The molecule has 9 heteroatoms. The topological polar surface area (TPSA) is 93.1 Å². The monoisotopic (exact) mass is 416 g/mol. The van der Waals surface area contributed by atoms with Crippen LogP contribution in [0.3, 0.4) is 0 Å². The van der Waals surface area contributed by atoms with Crippen LogP contribution in [-0.4, -0.2) is 33.8 Å². The Morgan fingerprint density at radius 3 is 2.54 bits per heavy atom. The number of carbonyl (C=O) groups excluding carboxylic acids is 2. The van der Waals surface area contributed by atoms with Crippen LogP contribution >= 0.6 is 23.4 Å². The third kappa shape index (κ3) is 4.02. The molecule has 3 amide bonds. The van der Waals surface area contributed by atoms with E-state index in [4.69, 9.17) is 11.6 Å². The average Bonchev–Trinajstić information content (AvgIpc) is 2.69. The first-order valence-electron chi connectivity index (χ1n) is 8.38. The first-order valence-corrected chi connectivity index (χ1v) is 9.64. The molecular weight excluding hydrogens is 400 g/mol. The molecule has 0 saturated heterocycles. The van der Waals surface area contributed by atoms with E-state index in [-0.39, 0.29) is 5.56 Å². The number of nitrogens with one attached hydrogen (secondary N) is 2. The van der Waals surface area contributed by atoms with Gasteiger partial charge in [0.2, 0.25) is 5.91 Å². The number of hydrogen-bond donors (Lipinski definition) is 2. The van der Waals surface area contributed by atoms with Crippen LogP contribution in [0.25, 0.3) is 16.6 Å². The lowest BCUT2D eigenvalue weighted by Gasteiger charge is -2.16. The van der Waals surface area contributed by atoms with Gasteiger partial charge in [-0.2, -0.15) is 0 Å². The van der Waals surface area contributed by atoms with Crippen LogP contribution in [0.1, 0.15) is 6.92 Å². The number of urea groups is 1. The highest BCUT2D eigenvalue weighted by Gasteiger charge is 2.22. The van der Waals surface area contributed by atoms with Gasteiger partial charge in [-0.05, 0) is 31.2 Å². The van der Waals surface area contributed by atoms with E-state index >= 15 is 0 Å². The van der Waals surface area contributed by atoms with Crippen LogP contribution in [0.4, 0.5) is 4.79 Å². The van der Waals surface area contributed by atoms with Crippen LogP contribution in [0.15, 0.2) is 58.5 Å². The second-order valence-corrected chi connectivity index (χ2v) is 7.55. The molecule has 144 valence electrons. The number of imide groups is 1. The molecule has 0 aliphatic carbocycles. The van der Waals surface area contributed by atoms with Gasteiger partial charge < -0.3 is 5.32 Å². The van der Waals surface area contributed by atoms with Gasteiger partial charge in [0.05, 0.1) is 26.9 Å². The molecule has 0 bridgehead atoms. The zero-order chi connectivity index (χ0) is 20.3. The Bertz CT molecular complexity index is 1120. The lowest BCUT2D eigenvalue weighted by Crippen LogP contribution is -2.41. The van der Waals surface area contributed by atoms with Crippen molar-refractivity contribution in [3.8, 4) is 5.69 Å². The van der Waals surface area contributed by atoms with E-state index in [2.05, 4.69) is 15.6 Å². The van der Waals surface area contributed by atoms with Crippen molar-refractivity contribution in [3.63, 3.8) is 0 Å². The Morgan fingerprint density at radius 1 is 1.14 bits per heavy atom. The van der Waals surface area contributed by atoms with E-state index in [1.54, 1.807) is 55.5 Å². The van der Waals surface area contributed by atoms with Gasteiger partial charge in [-0.25, -0.2) is 9.78 Å². The number of aromatic nitrogens is 2.